The molecule has 2 radical (unpaired) electrons. The van der Waals surface area contributed by atoms with E-state index in [4.69, 9.17) is 0 Å². The van der Waals surface area contributed by atoms with Crippen molar-refractivity contribution in [2.75, 3.05) is 0 Å². The Labute approximate surface area is 121 Å². The first-order chi connectivity index (χ1) is 5.46. The van der Waals surface area contributed by atoms with Crippen LogP contribution in [0, 0.1) is 0 Å². The molecule has 6 heteroatoms. The number of rotatable bonds is 0. The van der Waals surface area contributed by atoms with E-state index in [2.05, 4.69) is 95.7 Å². The van der Waals surface area contributed by atoms with Crippen molar-refractivity contribution in [2.45, 2.75) is 0 Å². The molecule has 0 aliphatic carbocycles. The zero-order valence-corrected chi connectivity index (χ0v) is 15.1. The molecule has 0 bridgehead atoms. The molecule has 0 amide bonds. The van der Waals surface area contributed by atoms with Crippen LogP contribution in [0.4, 0.5) is 0 Å². The van der Waals surface area contributed by atoms with Crippen LogP contribution < -0.4 is 8.92 Å². The number of halogens is 4. The van der Waals surface area contributed by atoms with Crippen molar-refractivity contribution >= 4 is 105 Å². The molecule has 0 saturated carbocycles. The van der Waals surface area contributed by atoms with Gasteiger partial charge in [0.05, 0.1) is 0 Å². The van der Waals surface area contributed by atoms with Crippen LogP contribution in [0.25, 0.3) is 0 Å². The third kappa shape index (κ3) is 2.22. The zero-order valence-electron chi connectivity index (χ0n) is 5.33. The molecule has 1 aromatic rings. The standard InChI is InChI=1S/C6Br4Se2/c7-1-2(8)6(12)4(10)3(9)5(1)11. The summed E-state index contributed by atoms with van der Waals surface area (Å²) >= 11 is 19.8. The molecule has 0 saturated heterocycles. The van der Waals surface area contributed by atoms with Crippen molar-refractivity contribution in [1.82, 2.24) is 0 Å². The molecule has 0 nitrogen and oxygen atoms in total. The van der Waals surface area contributed by atoms with E-state index >= 15 is 0 Å². The summed E-state index contributed by atoms with van der Waals surface area (Å²) in [6.45, 7) is 0. The van der Waals surface area contributed by atoms with E-state index in [0.717, 1.165) is 26.8 Å². The molecule has 0 aromatic heterocycles. The molecule has 1 aromatic carbocycles. The fraction of sp³-hybridized carbons (Fsp3) is 0. The van der Waals surface area contributed by atoms with Crippen LogP contribution in [0.5, 0.6) is 0 Å². The van der Waals surface area contributed by atoms with Gasteiger partial charge in [0.1, 0.15) is 0 Å². The summed E-state index contributed by atoms with van der Waals surface area (Å²) in [6, 6.07) is 0. The number of hydrogen-bond acceptors (Lipinski definition) is 0. The van der Waals surface area contributed by atoms with Crippen molar-refractivity contribution in [1.29, 1.82) is 0 Å². The van der Waals surface area contributed by atoms with Gasteiger partial charge in [-0.2, -0.15) is 0 Å². The molecule has 1 rings (SSSR count). The molecule has 0 fully saturated rings. The van der Waals surface area contributed by atoms with Gasteiger partial charge < -0.3 is 0 Å². The van der Waals surface area contributed by atoms with Gasteiger partial charge >= 0.3 is 123 Å². The average molecular weight is 550 g/mol. The molecule has 64 valence electrons. The fourth-order valence-electron chi connectivity index (χ4n) is 0.591. The maximum atomic E-state index is 3.47. The van der Waals surface area contributed by atoms with Crippen LogP contribution in [0.3, 0.4) is 0 Å². The van der Waals surface area contributed by atoms with Gasteiger partial charge in [0.15, 0.2) is 0 Å². The van der Waals surface area contributed by atoms with Crippen molar-refractivity contribution in [3.8, 4) is 0 Å². The van der Waals surface area contributed by atoms with Crippen molar-refractivity contribution in [3.63, 3.8) is 0 Å². The van der Waals surface area contributed by atoms with E-state index in [-0.39, 0.29) is 0 Å². The Kier molecular flexibility index (Phi) is 4.90. The summed E-state index contributed by atoms with van der Waals surface area (Å²) in [5.74, 6) is 0. The second-order valence-electron chi connectivity index (χ2n) is 1.91. The molecule has 0 heterocycles. The summed E-state index contributed by atoms with van der Waals surface area (Å²) in [4.78, 5) is 0. The molecule has 0 atom stereocenters. The Hall–Kier alpha value is 2.18. The van der Waals surface area contributed by atoms with Crippen LogP contribution in [0.15, 0.2) is 17.9 Å². The SMILES string of the molecule is [Se]c1c(Br)c(Br)c([Se])c(Br)c1Br. The molecule has 0 aliphatic rings. The van der Waals surface area contributed by atoms with Gasteiger partial charge in [-0.05, 0) is 0 Å². The average Bonchev–Trinajstić information content (AvgIpc) is 2.08. The predicted molar refractivity (Wildman–Crippen MR) is 68.0 cm³/mol. The first-order valence-electron chi connectivity index (χ1n) is 2.66. The van der Waals surface area contributed by atoms with Crippen LogP contribution >= 0.6 is 63.7 Å². The summed E-state index contributed by atoms with van der Waals surface area (Å²) < 4.78 is 6.18. The quantitative estimate of drug-likeness (QED) is 0.345. The van der Waals surface area contributed by atoms with E-state index in [1.165, 1.54) is 0 Å². The second-order valence-corrected chi connectivity index (χ2v) is 6.80. The van der Waals surface area contributed by atoms with Gasteiger partial charge in [-0.1, -0.05) is 0 Å². The van der Waals surface area contributed by atoms with E-state index in [9.17, 15) is 0 Å². The Bertz CT molecular complexity index is 232. The molecule has 0 N–H and O–H groups in total. The second kappa shape index (κ2) is 4.80. The molecule has 12 heavy (non-hydrogen) atoms. The van der Waals surface area contributed by atoms with Crippen LogP contribution in [0.2, 0.25) is 0 Å². The van der Waals surface area contributed by atoms with Gasteiger partial charge in [0.25, 0.3) is 0 Å². The first kappa shape index (κ1) is 12.2. The Morgan fingerprint density at radius 1 is 0.583 bits per heavy atom. The minimum absolute atomic E-state index is 1.02. The Balaban J connectivity index is 3.60. The fourth-order valence-corrected chi connectivity index (χ4v) is 4.75. The molecular formula is C6Br4Se2. The predicted octanol–water partition coefficient (Wildman–Crippen LogP) is 2.32. The van der Waals surface area contributed by atoms with Gasteiger partial charge in [-0.25, -0.2) is 0 Å². The summed E-state index contributed by atoms with van der Waals surface area (Å²) in [7, 11) is 0. The zero-order chi connectivity index (χ0) is 9.46. The van der Waals surface area contributed by atoms with Gasteiger partial charge in [-0.3, -0.25) is 0 Å². The van der Waals surface area contributed by atoms with Crippen molar-refractivity contribution < 1.29 is 0 Å². The van der Waals surface area contributed by atoms with Crippen molar-refractivity contribution in [2.24, 2.45) is 0 Å². The van der Waals surface area contributed by atoms with E-state index in [1.807, 2.05) is 0 Å². The third-order valence-corrected chi connectivity index (χ3v) is 9.49. The molecule has 0 spiro atoms. The Morgan fingerprint density at radius 2 is 0.750 bits per heavy atom. The first-order valence-corrected chi connectivity index (χ1v) is 7.55. The molecule has 0 unspecified atom stereocenters. The van der Waals surface area contributed by atoms with Crippen LogP contribution in [-0.2, 0) is 0 Å². The monoisotopic (exact) mass is 548 g/mol. The summed E-state index contributed by atoms with van der Waals surface area (Å²) in [6.07, 6.45) is 0. The maximum absolute atomic E-state index is 3.47. The number of benzene rings is 1. The van der Waals surface area contributed by atoms with Gasteiger partial charge in [-0.15, -0.1) is 0 Å². The Morgan fingerprint density at radius 3 is 0.917 bits per heavy atom. The van der Waals surface area contributed by atoms with Crippen LogP contribution in [-0.4, -0.2) is 32.0 Å². The molecule has 0 aliphatic heterocycles. The molecular weight excluding hydrogens is 550 g/mol. The third-order valence-electron chi connectivity index (χ3n) is 1.18. The minimum atomic E-state index is 1.02. The van der Waals surface area contributed by atoms with Gasteiger partial charge in [0, 0.05) is 0 Å². The number of hydrogen-bond donors (Lipinski definition) is 0. The summed E-state index contributed by atoms with van der Waals surface area (Å²) in [5, 5.41) is 0. The van der Waals surface area contributed by atoms with E-state index in [0.29, 0.717) is 0 Å². The topological polar surface area (TPSA) is 0 Å². The van der Waals surface area contributed by atoms with Crippen molar-refractivity contribution in [3.05, 3.63) is 17.9 Å². The van der Waals surface area contributed by atoms with E-state index < -0.39 is 0 Å². The summed E-state index contributed by atoms with van der Waals surface area (Å²) in [5.41, 5.74) is 0. The normalized spacial score (nSPS) is 10.3. The van der Waals surface area contributed by atoms with E-state index in [1.54, 1.807) is 0 Å². The van der Waals surface area contributed by atoms with Crippen LogP contribution in [0.1, 0.15) is 0 Å². The van der Waals surface area contributed by atoms with Gasteiger partial charge in [0.2, 0.25) is 0 Å².